The first-order valence-corrected chi connectivity index (χ1v) is 8.25. The van der Waals surface area contributed by atoms with Gasteiger partial charge in [0.15, 0.2) is 17.4 Å². The van der Waals surface area contributed by atoms with Crippen molar-refractivity contribution in [1.29, 1.82) is 0 Å². The number of amides is 1. The summed E-state index contributed by atoms with van der Waals surface area (Å²) in [6.45, 7) is 2.56. The second-order valence-corrected chi connectivity index (χ2v) is 6.29. The Morgan fingerprint density at radius 2 is 1.92 bits per heavy atom. The molecule has 24 heavy (non-hydrogen) atoms. The Morgan fingerprint density at radius 3 is 2.50 bits per heavy atom. The van der Waals surface area contributed by atoms with Crippen molar-refractivity contribution >= 4 is 11.6 Å². The number of nitrogens with one attached hydrogen (secondary N) is 2. The Balaban J connectivity index is 1.94. The van der Waals surface area contributed by atoms with E-state index in [9.17, 15) is 13.6 Å². The first-order valence-electron chi connectivity index (χ1n) is 8.25. The van der Waals surface area contributed by atoms with Gasteiger partial charge in [-0.25, -0.2) is 8.78 Å². The van der Waals surface area contributed by atoms with Crippen LogP contribution in [0.15, 0.2) is 12.1 Å². The van der Waals surface area contributed by atoms with Crippen molar-refractivity contribution in [3.8, 4) is 5.75 Å². The molecule has 0 unspecified atom stereocenters. The highest BCUT2D eigenvalue weighted by Crippen LogP contribution is 2.26. The molecule has 7 heteroatoms. The number of rotatable bonds is 7. The fourth-order valence-electron chi connectivity index (χ4n) is 2.65. The standard InChI is InChI=1S/C17H25F2N3O2/c1-22(2)8-3-9-24-16-14(18)10-13(11-15(16)19)21-17(23)12-4-6-20-7-5-12/h10-12,20H,3-9H2,1-2H3,(H,21,23). The molecule has 1 aromatic carbocycles. The molecule has 1 aliphatic heterocycles. The van der Waals surface area contributed by atoms with Gasteiger partial charge in [-0.05, 0) is 46.4 Å². The van der Waals surface area contributed by atoms with Crippen LogP contribution in [0.5, 0.6) is 5.75 Å². The monoisotopic (exact) mass is 341 g/mol. The number of nitrogens with zero attached hydrogens (tertiary/aromatic N) is 1. The molecule has 0 atom stereocenters. The summed E-state index contributed by atoms with van der Waals surface area (Å²) in [4.78, 5) is 14.1. The highest BCUT2D eigenvalue weighted by molar-refractivity contribution is 5.92. The second kappa shape index (κ2) is 8.94. The number of anilines is 1. The van der Waals surface area contributed by atoms with Gasteiger partial charge in [-0.2, -0.15) is 0 Å². The van der Waals surface area contributed by atoms with Crippen LogP contribution in [-0.4, -0.2) is 51.1 Å². The van der Waals surface area contributed by atoms with Crippen molar-refractivity contribution in [3.05, 3.63) is 23.8 Å². The van der Waals surface area contributed by atoms with Crippen LogP contribution in [0, 0.1) is 17.6 Å². The minimum absolute atomic E-state index is 0.120. The van der Waals surface area contributed by atoms with Gasteiger partial charge >= 0.3 is 0 Å². The number of hydrogen-bond acceptors (Lipinski definition) is 4. The molecule has 0 bridgehead atoms. The number of ether oxygens (including phenoxy) is 1. The van der Waals surface area contributed by atoms with Gasteiger partial charge in [0.25, 0.3) is 0 Å². The molecule has 5 nitrogen and oxygen atoms in total. The Kier molecular flexibility index (Phi) is 6.93. The molecule has 1 aliphatic rings. The topological polar surface area (TPSA) is 53.6 Å². The third kappa shape index (κ3) is 5.42. The molecule has 1 aromatic rings. The van der Waals surface area contributed by atoms with Crippen LogP contribution in [0.25, 0.3) is 0 Å². The highest BCUT2D eigenvalue weighted by atomic mass is 19.1. The number of hydrogen-bond donors (Lipinski definition) is 2. The smallest absolute Gasteiger partial charge is 0.227 e. The Labute approximate surface area is 141 Å². The maximum absolute atomic E-state index is 14.1. The van der Waals surface area contributed by atoms with Crippen molar-refractivity contribution in [2.45, 2.75) is 19.3 Å². The highest BCUT2D eigenvalue weighted by Gasteiger charge is 2.22. The van der Waals surface area contributed by atoms with Crippen LogP contribution in [0.4, 0.5) is 14.5 Å². The third-order valence-electron chi connectivity index (χ3n) is 3.97. The summed E-state index contributed by atoms with van der Waals surface area (Å²) in [5, 5.41) is 5.76. The van der Waals surface area contributed by atoms with E-state index in [1.807, 2.05) is 19.0 Å². The first-order chi connectivity index (χ1) is 11.5. The van der Waals surface area contributed by atoms with E-state index in [4.69, 9.17) is 4.74 Å². The summed E-state index contributed by atoms with van der Waals surface area (Å²) >= 11 is 0. The molecule has 1 amide bonds. The second-order valence-electron chi connectivity index (χ2n) is 6.29. The molecule has 1 heterocycles. The molecule has 0 spiro atoms. The predicted octanol–water partition coefficient (Wildman–Crippen LogP) is 2.23. The molecule has 1 fully saturated rings. The molecular weight excluding hydrogens is 316 g/mol. The molecule has 1 saturated heterocycles. The minimum atomic E-state index is -0.805. The SMILES string of the molecule is CN(C)CCCOc1c(F)cc(NC(=O)C2CCNCC2)cc1F. The molecule has 2 rings (SSSR count). The Bertz CT molecular complexity index is 538. The lowest BCUT2D eigenvalue weighted by atomic mass is 9.97. The van der Waals surface area contributed by atoms with Crippen molar-refractivity contribution in [3.63, 3.8) is 0 Å². The number of benzene rings is 1. The van der Waals surface area contributed by atoms with Gasteiger partial charge < -0.3 is 20.3 Å². The van der Waals surface area contributed by atoms with E-state index >= 15 is 0 Å². The molecule has 2 N–H and O–H groups in total. The maximum atomic E-state index is 14.1. The van der Waals surface area contributed by atoms with E-state index in [2.05, 4.69) is 10.6 Å². The zero-order chi connectivity index (χ0) is 17.5. The van der Waals surface area contributed by atoms with E-state index in [0.29, 0.717) is 6.42 Å². The van der Waals surface area contributed by atoms with Gasteiger partial charge in [-0.3, -0.25) is 4.79 Å². The van der Waals surface area contributed by atoms with Crippen LogP contribution < -0.4 is 15.4 Å². The van der Waals surface area contributed by atoms with Gasteiger partial charge in [0, 0.05) is 30.3 Å². The lowest BCUT2D eigenvalue weighted by Gasteiger charge is -2.22. The fourth-order valence-corrected chi connectivity index (χ4v) is 2.65. The van der Waals surface area contributed by atoms with Crippen molar-refractivity contribution in [2.75, 3.05) is 45.7 Å². The van der Waals surface area contributed by atoms with Crippen molar-refractivity contribution in [2.24, 2.45) is 5.92 Å². The normalized spacial score (nSPS) is 15.5. The summed E-state index contributed by atoms with van der Waals surface area (Å²) < 4.78 is 33.3. The van der Waals surface area contributed by atoms with Gasteiger partial charge in [0.05, 0.1) is 6.61 Å². The first kappa shape index (κ1) is 18.6. The van der Waals surface area contributed by atoms with Gasteiger partial charge in [0.2, 0.25) is 5.91 Å². The van der Waals surface area contributed by atoms with Crippen LogP contribution in [0.2, 0.25) is 0 Å². The summed E-state index contributed by atoms with van der Waals surface area (Å²) in [5.41, 5.74) is 0.120. The quantitative estimate of drug-likeness (QED) is 0.747. The van der Waals surface area contributed by atoms with E-state index < -0.39 is 17.4 Å². The Hall–Kier alpha value is -1.73. The molecule has 0 aliphatic carbocycles. The molecule has 0 radical (unpaired) electrons. The average molecular weight is 341 g/mol. The number of halogens is 2. The third-order valence-corrected chi connectivity index (χ3v) is 3.97. The lowest BCUT2D eigenvalue weighted by molar-refractivity contribution is -0.120. The van der Waals surface area contributed by atoms with Crippen molar-refractivity contribution < 1.29 is 18.3 Å². The minimum Gasteiger partial charge on any atom is -0.488 e. The number of carbonyl (C=O) groups excluding carboxylic acids is 1. The van der Waals surface area contributed by atoms with Gasteiger partial charge in [0.1, 0.15) is 0 Å². The number of carbonyl (C=O) groups is 1. The van der Waals surface area contributed by atoms with Crippen LogP contribution in [0.1, 0.15) is 19.3 Å². The average Bonchev–Trinajstić information content (AvgIpc) is 2.54. The molecule has 0 aromatic heterocycles. The van der Waals surface area contributed by atoms with Crippen LogP contribution in [0.3, 0.4) is 0 Å². The zero-order valence-electron chi connectivity index (χ0n) is 14.2. The van der Waals surface area contributed by atoms with E-state index in [1.54, 1.807) is 0 Å². The fraction of sp³-hybridized carbons (Fsp3) is 0.588. The number of piperidine rings is 1. The molecular formula is C17H25F2N3O2. The van der Waals surface area contributed by atoms with E-state index in [0.717, 1.165) is 44.6 Å². The summed E-state index contributed by atoms with van der Waals surface area (Å²) in [5.74, 6) is -2.33. The van der Waals surface area contributed by atoms with E-state index in [1.165, 1.54) is 0 Å². The van der Waals surface area contributed by atoms with Crippen LogP contribution >= 0.6 is 0 Å². The van der Waals surface area contributed by atoms with Crippen molar-refractivity contribution in [1.82, 2.24) is 10.2 Å². The van der Waals surface area contributed by atoms with Gasteiger partial charge in [-0.1, -0.05) is 0 Å². The van der Waals surface area contributed by atoms with Crippen LogP contribution in [-0.2, 0) is 4.79 Å². The molecule has 0 saturated carbocycles. The lowest BCUT2D eigenvalue weighted by Crippen LogP contribution is -2.34. The summed E-state index contributed by atoms with van der Waals surface area (Å²) in [6.07, 6.45) is 2.12. The zero-order valence-corrected chi connectivity index (χ0v) is 14.2. The predicted molar refractivity (Wildman–Crippen MR) is 89.2 cm³/mol. The molecule has 134 valence electrons. The van der Waals surface area contributed by atoms with E-state index in [-0.39, 0.29) is 24.1 Å². The van der Waals surface area contributed by atoms with Gasteiger partial charge in [-0.15, -0.1) is 0 Å². The largest absolute Gasteiger partial charge is 0.488 e. The summed E-state index contributed by atoms with van der Waals surface area (Å²) in [7, 11) is 3.84. The summed E-state index contributed by atoms with van der Waals surface area (Å²) in [6, 6.07) is 2.20. The maximum Gasteiger partial charge on any atom is 0.227 e. The Morgan fingerprint density at radius 1 is 1.29 bits per heavy atom.